The van der Waals surface area contributed by atoms with Gasteiger partial charge in [-0.05, 0) is 56.1 Å². The van der Waals surface area contributed by atoms with Crippen molar-refractivity contribution in [3.8, 4) is 11.8 Å². The van der Waals surface area contributed by atoms with Crippen molar-refractivity contribution >= 4 is 51.3 Å². The molecule has 0 amide bonds. The van der Waals surface area contributed by atoms with Crippen LogP contribution < -0.4 is 15.0 Å². The number of fused-ring (bicyclic) bond motifs is 1. The lowest BCUT2D eigenvalue weighted by Gasteiger charge is -2.34. The first-order chi connectivity index (χ1) is 21.5. The average Bonchev–Trinajstić information content (AvgIpc) is 3.73. The van der Waals surface area contributed by atoms with E-state index in [9.17, 15) is 5.26 Å². The molecule has 0 unspecified atom stereocenters. The lowest BCUT2D eigenvalue weighted by Crippen LogP contribution is -2.46. The van der Waals surface area contributed by atoms with Gasteiger partial charge in [-0.15, -0.1) is 0 Å². The Bertz CT molecular complexity index is 1640. The van der Waals surface area contributed by atoms with Crippen LogP contribution in [0.4, 0.5) is 17.1 Å². The standard InChI is InChI=1S/C33H39ClN8OS/c1-3-40-14-16-41(17-15-40)10-6-18-43-30-20-26-28(21-29(30)42-11-4-5-12-42)37-23-24(22-35)32(26)38-25-7-8-31(27(34)19-25)44-33-36-9-13-39(33)2/h7-9,13,19-21,23H,3-6,10-12,14-18H2,1-2H3,(H,37,38). The Balaban J connectivity index is 1.24. The molecule has 4 heterocycles. The van der Waals surface area contributed by atoms with E-state index in [1.807, 2.05) is 36.0 Å². The predicted molar refractivity (Wildman–Crippen MR) is 179 cm³/mol. The normalized spacial score (nSPS) is 16.0. The molecule has 2 aliphatic rings. The van der Waals surface area contributed by atoms with E-state index in [4.69, 9.17) is 16.3 Å². The summed E-state index contributed by atoms with van der Waals surface area (Å²) >= 11 is 8.22. The molecule has 2 aromatic carbocycles. The van der Waals surface area contributed by atoms with E-state index in [-0.39, 0.29) is 0 Å². The number of nitrogens with one attached hydrogen (secondary N) is 1. The van der Waals surface area contributed by atoms with Gasteiger partial charge in [-0.25, -0.2) is 4.98 Å². The number of hydrogen-bond acceptors (Lipinski definition) is 9. The Morgan fingerprint density at radius 1 is 1.05 bits per heavy atom. The highest BCUT2D eigenvalue weighted by molar-refractivity contribution is 7.99. The van der Waals surface area contributed by atoms with Gasteiger partial charge in [0, 0.05) is 87.4 Å². The number of anilines is 3. The van der Waals surface area contributed by atoms with Crippen molar-refractivity contribution in [3.63, 3.8) is 0 Å². The fourth-order valence-corrected chi connectivity index (χ4v) is 7.01. The SMILES string of the molecule is CCN1CCN(CCCOc2cc3c(Nc4ccc(Sc5nccn5C)c(Cl)c4)c(C#N)cnc3cc2N2CCCC2)CC1. The minimum absolute atomic E-state index is 0.464. The maximum Gasteiger partial charge on any atom is 0.172 e. The highest BCUT2D eigenvalue weighted by atomic mass is 35.5. The highest BCUT2D eigenvalue weighted by Gasteiger charge is 2.21. The van der Waals surface area contributed by atoms with Gasteiger partial charge >= 0.3 is 0 Å². The largest absolute Gasteiger partial charge is 0.491 e. The summed E-state index contributed by atoms with van der Waals surface area (Å²) < 4.78 is 8.47. The third-order valence-electron chi connectivity index (χ3n) is 8.48. The lowest BCUT2D eigenvalue weighted by molar-refractivity contribution is 0.130. The van der Waals surface area contributed by atoms with Crippen LogP contribution in [0.1, 0.15) is 31.7 Å². The number of aromatic nitrogens is 3. The van der Waals surface area contributed by atoms with Crippen molar-refractivity contribution < 1.29 is 4.74 Å². The van der Waals surface area contributed by atoms with Crippen LogP contribution in [0.15, 0.2) is 59.0 Å². The first-order valence-corrected chi connectivity index (χ1v) is 16.6. The third kappa shape index (κ3) is 6.92. The van der Waals surface area contributed by atoms with Gasteiger partial charge in [-0.3, -0.25) is 4.98 Å². The molecule has 0 aliphatic carbocycles. The Hall–Kier alpha value is -3.49. The van der Waals surface area contributed by atoms with Gasteiger partial charge in [0.25, 0.3) is 0 Å². The summed E-state index contributed by atoms with van der Waals surface area (Å²) in [6.45, 7) is 11.6. The Morgan fingerprint density at radius 3 is 2.55 bits per heavy atom. The van der Waals surface area contributed by atoms with Gasteiger partial charge < -0.3 is 29.3 Å². The van der Waals surface area contributed by atoms with Crippen LogP contribution in [-0.4, -0.2) is 83.3 Å². The number of halogens is 1. The van der Waals surface area contributed by atoms with E-state index < -0.39 is 0 Å². The molecule has 2 aliphatic heterocycles. The number of nitrogens with zero attached hydrogens (tertiary/aromatic N) is 7. The summed E-state index contributed by atoms with van der Waals surface area (Å²) in [5, 5.41) is 15.8. The van der Waals surface area contributed by atoms with Crippen molar-refractivity contribution in [1.82, 2.24) is 24.3 Å². The van der Waals surface area contributed by atoms with Crippen molar-refractivity contribution in [2.75, 3.05) is 69.2 Å². The van der Waals surface area contributed by atoms with E-state index in [1.54, 1.807) is 12.4 Å². The molecular weight excluding hydrogens is 592 g/mol. The number of hydrogen-bond donors (Lipinski definition) is 1. The van der Waals surface area contributed by atoms with Gasteiger partial charge in [0.1, 0.15) is 11.8 Å². The van der Waals surface area contributed by atoms with Crippen LogP contribution in [0.5, 0.6) is 5.75 Å². The number of pyridine rings is 1. The van der Waals surface area contributed by atoms with Crippen LogP contribution in [0.25, 0.3) is 10.9 Å². The number of ether oxygens (including phenoxy) is 1. The second-order valence-electron chi connectivity index (χ2n) is 11.4. The number of benzene rings is 2. The molecule has 2 aromatic heterocycles. The maximum absolute atomic E-state index is 10.0. The van der Waals surface area contributed by atoms with Gasteiger partial charge in [0.05, 0.1) is 34.1 Å². The fourth-order valence-electron chi connectivity index (χ4n) is 5.90. The van der Waals surface area contributed by atoms with Gasteiger partial charge in [0.2, 0.25) is 0 Å². The molecular formula is C33H39ClN8OS. The summed E-state index contributed by atoms with van der Waals surface area (Å²) in [5.41, 5.74) is 3.85. The molecule has 0 bridgehead atoms. The third-order valence-corrected chi connectivity index (χ3v) is 10.1. The summed E-state index contributed by atoms with van der Waals surface area (Å²) in [7, 11) is 1.96. The lowest BCUT2D eigenvalue weighted by atomic mass is 10.1. The van der Waals surface area contributed by atoms with Crippen molar-refractivity contribution in [2.24, 2.45) is 7.05 Å². The number of piperazine rings is 1. The van der Waals surface area contributed by atoms with Crippen LogP contribution in [0, 0.1) is 11.3 Å². The number of imidazole rings is 1. The highest BCUT2D eigenvalue weighted by Crippen LogP contribution is 2.40. The monoisotopic (exact) mass is 630 g/mol. The van der Waals surface area contributed by atoms with E-state index in [2.05, 4.69) is 55.1 Å². The molecule has 0 radical (unpaired) electrons. The molecule has 11 heteroatoms. The van der Waals surface area contributed by atoms with Gasteiger partial charge in [0.15, 0.2) is 5.16 Å². The second kappa shape index (κ2) is 14.1. The Morgan fingerprint density at radius 2 is 1.84 bits per heavy atom. The number of aryl methyl sites for hydroxylation is 1. The topological polar surface area (TPSA) is 85.5 Å². The molecule has 0 saturated carbocycles. The summed E-state index contributed by atoms with van der Waals surface area (Å²) in [5.74, 6) is 0.843. The van der Waals surface area contributed by atoms with Gasteiger partial charge in [-0.1, -0.05) is 30.3 Å². The zero-order valence-corrected chi connectivity index (χ0v) is 27.0. The van der Waals surface area contributed by atoms with Crippen LogP contribution >= 0.6 is 23.4 Å². The van der Waals surface area contributed by atoms with Crippen LogP contribution in [-0.2, 0) is 7.05 Å². The molecule has 6 rings (SSSR count). The molecule has 1 N–H and O–H groups in total. The molecule has 4 aromatic rings. The first kappa shape index (κ1) is 30.5. The number of likely N-dealkylation sites (N-methyl/N-ethyl adjacent to an activating group) is 1. The molecule has 0 atom stereocenters. The van der Waals surface area contributed by atoms with Crippen molar-refractivity contribution in [2.45, 2.75) is 36.2 Å². The molecule has 2 fully saturated rings. The van der Waals surface area contributed by atoms with E-state index in [0.717, 1.165) is 96.9 Å². The molecule has 230 valence electrons. The van der Waals surface area contributed by atoms with Gasteiger partial charge in [-0.2, -0.15) is 5.26 Å². The molecule has 0 spiro atoms. The van der Waals surface area contributed by atoms with E-state index in [1.165, 1.54) is 24.6 Å². The molecule has 44 heavy (non-hydrogen) atoms. The maximum atomic E-state index is 10.0. The zero-order chi connectivity index (χ0) is 30.5. The summed E-state index contributed by atoms with van der Waals surface area (Å²) in [4.78, 5) is 17.4. The average molecular weight is 631 g/mol. The smallest absolute Gasteiger partial charge is 0.172 e. The zero-order valence-electron chi connectivity index (χ0n) is 25.4. The number of nitriles is 1. The predicted octanol–water partition coefficient (Wildman–Crippen LogP) is 6.39. The summed E-state index contributed by atoms with van der Waals surface area (Å²) in [6, 6.07) is 12.3. The van der Waals surface area contributed by atoms with Crippen molar-refractivity contribution in [3.05, 3.63) is 59.5 Å². The fraction of sp³-hybridized carbons (Fsp3) is 0.424. The number of rotatable bonds is 11. The Labute approximate surface area is 268 Å². The Kier molecular flexibility index (Phi) is 9.77. The van der Waals surface area contributed by atoms with Crippen molar-refractivity contribution in [1.29, 1.82) is 5.26 Å². The van der Waals surface area contributed by atoms with Crippen LogP contribution in [0.2, 0.25) is 5.02 Å². The van der Waals surface area contributed by atoms with E-state index in [0.29, 0.717) is 22.9 Å². The first-order valence-electron chi connectivity index (χ1n) is 15.4. The van der Waals surface area contributed by atoms with E-state index >= 15 is 0 Å². The minimum Gasteiger partial charge on any atom is -0.491 e. The summed E-state index contributed by atoms with van der Waals surface area (Å²) in [6.07, 6.45) is 8.63. The molecule has 9 nitrogen and oxygen atoms in total. The van der Waals surface area contributed by atoms with Crippen LogP contribution in [0.3, 0.4) is 0 Å². The molecule has 2 saturated heterocycles. The second-order valence-corrected chi connectivity index (χ2v) is 12.8. The quantitative estimate of drug-likeness (QED) is 0.189. The minimum atomic E-state index is 0.464.